The number of halogens is 1. The lowest BCUT2D eigenvalue weighted by molar-refractivity contribution is 0.252. The molecule has 0 aliphatic carbocycles. The minimum atomic E-state index is -0.253. The van der Waals surface area contributed by atoms with Crippen molar-refractivity contribution >= 4 is 34.1 Å². The van der Waals surface area contributed by atoms with Crippen LogP contribution in [-0.2, 0) is 6.54 Å². The molecule has 0 atom stereocenters. The Morgan fingerprint density at radius 3 is 2.50 bits per heavy atom. The first-order valence-electron chi connectivity index (χ1n) is 7.00. The highest BCUT2D eigenvalue weighted by molar-refractivity contribution is 6.31. The Labute approximate surface area is 133 Å². The highest BCUT2D eigenvalue weighted by Gasteiger charge is 2.06. The number of nitrogens with one attached hydrogen (secondary N) is 2. The number of rotatable bonds is 3. The molecule has 0 aliphatic heterocycles. The van der Waals surface area contributed by atoms with Crippen molar-refractivity contribution in [2.24, 2.45) is 0 Å². The molecule has 2 N–H and O–H groups in total. The summed E-state index contributed by atoms with van der Waals surface area (Å²) in [6, 6.07) is 21.0. The highest BCUT2D eigenvalue weighted by atomic mass is 35.5. The molecule has 3 aromatic carbocycles. The summed E-state index contributed by atoms with van der Waals surface area (Å²) < 4.78 is 0. The van der Waals surface area contributed by atoms with Gasteiger partial charge in [-0.05, 0) is 23.1 Å². The van der Waals surface area contributed by atoms with Gasteiger partial charge in [0.15, 0.2) is 0 Å². The van der Waals surface area contributed by atoms with Crippen LogP contribution in [0.1, 0.15) is 5.56 Å². The lowest BCUT2D eigenvalue weighted by atomic mass is 10.1. The molecule has 2 amide bonds. The van der Waals surface area contributed by atoms with E-state index in [-0.39, 0.29) is 6.03 Å². The number of fused-ring (bicyclic) bond motifs is 1. The van der Waals surface area contributed by atoms with E-state index in [2.05, 4.69) is 10.6 Å². The van der Waals surface area contributed by atoms with Crippen LogP contribution in [0.4, 0.5) is 10.5 Å². The van der Waals surface area contributed by atoms with E-state index in [9.17, 15) is 4.79 Å². The molecule has 3 aromatic rings. The molecule has 110 valence electrons. The van der Waals surface area contributed by atoms with E-state index in [1.165, 1.54) is 0 Å². The molecule has 0 aromatic heterocycles. The number of carbonyl (C=O) groups excluding carboxylic acids is 1. The minimum Gasteiger partial charge on any atom is -0.334 e. The van der Waals surface area contributed by atoms with Crippen LogP contribution in [0, 0.1) is 0 Å². The topological polar surface area (TPSA) is 41.1 Å². The zero-order chi connectivity index (χ0) is 15.4. The van der Waals surface area contributed by atoms with Crippen LogP contribution in [0.2, 0.25) is 5.02 Å². The second kappa shape index (κ2) is 6.50. The van der Waals surface area contributed by atoms with Crippen LogP contribution in [0.25, 0.3) is 10.8 Å². The first-order valence-corrected chi connectivity index (χ1v) is 7.38. The number of anilines is 1. The summed E-state index contributed by atoms with van der Waals surface area (Å²) in [6.07, 6.45) is 0. The molecule has 0 unspecified atom stereocenters. The molecule has 22 heavy (non-hydrogen) atoms. The fourth-order valence-corrected chi connectivity index (χ4v) is 2.52. The van der Waals surface area contributed by atoms with Crippen LogP contribution >= 0.6 is 11.6 Å². The normalized spacial score (nSPS) is 10.4. The summed E-state index contributed by atoms with van der Waals surface area (Å²) in [5, 5.41) is 8.45. The average molecular weight is 311 g/mol. The van der Waals surface area contributed by atoms with Gasteiger partial charge in [-0.2, -0.15) is 0 Å². The zero-order valence-electron chi connectivity index (χ0n) is 11.8. The van der Waals surface area contributed by atoms with Gasteiger partial charge in [-0.25, -0.2) is 4.79 Å². The second-order valence-electron chi connectivity index (χ2n) is 4.93. The van der Waals surface area contributed by atoms with Gasteiger partial charge in [-0.1, -0.05) is 66.2 Å². The summed E-state index contributed by atoms with van der Waals surface area (Å²) in [7, 11) is 0. The van der Waals surface area contributed by atoms with Crippen molar-refractivity contribution in [3.05, 3.63) is 77.3 Å². The van der Waals surface area contributed by atoms with E-state index >= 15 is 0 Å². The maximum Gasteiger partial charge on any atom is 0.319 e. The van der Waals surface area contributed by atoms with E-state index in [1.54, 1.807) is 6.07 Å². The Kier molecular flexibility index (Phi) is 4.26. The fourth-order valence-electron chi connectivity index (χ4n) is 2.32. The van der Waals surface area contributed by atoms with Crippen LogP contribution in [0.3, 0.4) is 0 Å². The fraction of sp³-hybridized carbons (Fsp3) is 0.0556. The van der Waals surface area contributed by atoms with Crippen molar-refractivity contribution in [2.45, 2.75) is 6.54 Å². The maximum absolute atomic E-state index is 12.1. The smallest absolute Gasteiger partial charge is 0.319 e. The average Bonchev–Trinajstić information content (AvgIpc) is 2.54. The van der Waals surface area contributed by atoms with Crippen molar-refractivity contribution in [1.29, 1.82) is 0 Å². The van der Waals surface area contributed by atoms with Crippen molar-refractivity contribution in [3.63, 3.8) is 0 Å². The quantitative estimate of drug-likeness (QED) is 0.716. The third-order valence-corrected chi connectivity index (χ3v) is 3.80. The molecule has 0 bridgehead atoms. The van der Waals surface area contributed by atoms with Gasteiger partial charge in [0.05, 0.1) is 5.69 Å². The van der Waals surface area contributed by atoms with Crippen molar-refractivity contribution in [1.82, 2.24) is 5.32 Å². The summed E-state index contributed by atoms with van der Waals surface area (Å²) in [5.41, 5.74) is 1.67. The minimum absolute atomic E-state index is 0.253. The number of hydrogen-bond donors (Lipinski definition) is 2. The molecule has 3 nitrogen and oxygen atoms in total. The van der Waals surface area contributed by atoms with Crippen LogP contribution in [0.15, 0.2) is 66.7 Å². The van der Waals surface area contributed by atoms with E-state index in [0.29, 0.717) is 11.6 Å². The second-order valence-corrected chi connectivity index (χ2v) is 5.33. The number of carbonyl (C=O) groups is 1. The van der Waals surface area contributed by atoms with Crippen molar-refractivity contribution in [2.75, 3.05) is 5.32 Å². The third kappa shape index (κ3) is 3.21. The lowest BCUT2D eigenvalue weighted by Crippen LogP contribution is -2.28. The molecule has 0 radical (unpaired) electrons. The molecule has 0 saturated carbocycles. The van der Waals surface area contributed by atoms with Crippen molar-refractivity contribution in [3.8, 4) is 0 Å². The predicted molar refractivity (Wildman–Crippen MR) is 91.3 cm³/mol. The SMILES string of the molecule is O=C(NCc1ccccc1Cl)Nc1cccc2ccccc12. The molecule has 3 rings (SSSR count). The summed E-state index contributed by atoms with van der Waals surface area (Å²) in [4.78, 5) is 12.1. The molecule has 0 fully saturated rings. The highest BCUT2D eigenvalue weighted by Crippen LogP contribution is 2.22. The molecule has 0 spiro atoms. The summed E-state index contributed by atoms with van der Waals surface area (Å²) in [6.45, 7) is 0.385. The molecular formula is C18H15ClN2O. The van der Waals surface area contributed by atoms with Crippen LogP contribution < -0.4 is 10.6 Å². The summed E-state index contributed by atoms with van der Waals surface area (Å²) in [5.74, 6) is 0. The van der Waals surface area contributed by atoms with Gasteiger partial charge in [-0.3, -0.25) is 0 Å². The number of hydrogen-bond acceptors (Lipinski definition) is 1. The van der Waals surface area contributed by atoms with Crippen molar-refractivity contribution < 1.29 is 4.79 Å². The molecule has 0 heterocycles. The first-order chi connectivity index (χ1) is 10.7. The van der Waals surface area contributed by atoms with Gasteiger partial charge >= 0.3 is 6.03 Å². The predicted octanol–water partition coefficient (Wildman–Crippen LogP) is 4.81. The van der Waals surface area contributed by atoms with Gasteiger partial charge in [0, 0.05) is 17.0 Å². The van der Waals surface area contributed by atoms with E-state index in [4.69, 9.17) is 11.6 Å². The third-order valence-electron chi connectivity index (χ3n) is 3.44. The summed E-state index contributed by atoms with van der Waals surface area (Å²) >= 11 is 6.07. The van der Waals surface area contributed by atoms with Crippen LogP contribution in [-0.4, -0.2) is 6.03 Å². The van der Waals surface area contributed by atoms with Gasteiger partial charge in [0.2, 0.25) is 0 Å². The standard InChI is InChI=1S/C18H15ClN2O/c19-16-10-4-2-7-14(16)12-20-18(22)21-17-11-5-8-13-6-1-3-9-15(13)17/h1-11H,12H2,(H2,20,21,22). The molecule has 4 heteroatoms. The number of amides is 2. The molecule has 0 saturated heterocycles. The Hall–Kier alpha value is -2.52. The number of urea groups is 1. The molecule has 0 aliphatic rings. The Morgan fingerprint density at radius 1 is 0.909 bits per heavy atom. The zero-order valence-corrected chi connectivity index (χ0v) is 12.6. The molecular weight excluding hydrogens is 296 g/mol. The monoisotopic (exact) mass is 310 g/mol. The van der Waals surface area contributed by atoms with Gasteiger partial charge < -0.3 is 10.6 Å². The maximum atomic E-state index is 12.1. The largest absolute Gasteiger partial charge is 0.334 e. The Bertz CT molecular complexity index is 812. The van der Waals surface area contributed by atoms with Gasteiger partial charge in [-0.15, -0.1) is 0 Å². The Morgan fingerprint density at radius 2 is 1.64 bits per heavy atom. The van der Waals surface area contributed by atoms with Gasteiger partial charge in [0.1, 0.15) is 0 Å². The number of benzene rings is 3. The first kappa shape index (κ1) is 14.4. The van der Waals surface area contributed by atoms with E-state index in [1.807, 2.05) is 60.7 Å². The van der Waals surface area contributed by atoms with Gasteiger partial charge in [0.25, 0.3) is 0 Å². The van der Waals surface area contributed by atoms with Crippen LogP contribution in [0.5, 0.6) is 0 Å². The Balaban J connectivity index is 1.70. The lowest BCUT2D eigenvalue weighted by Gasteiger charge is -2.10. The van der Waals surface area contributed by atoms with E-state index < -0.39 is 0 Å². The van der Waals surface area contributed by atoms with E-state index in [0.717, 1.165) is 22.0 Å².